The monoisotopic (exact) mass is 426 g/mol. The van der Waals surface area contributed by atoms with Crippen molar-refractivity contribution in [2.24, 2.45) is 0 Å². The molecule has 2 heterocycles. The highest BCUT2D eigenvalue weighted by Gasteiger charge is 2.19. The van der Waals surface area contributed by atoms with Crippen molar-refractivity contribution in [1.82, 2.24) is 0 Å². The Labute approximate surface area is 124 Å². The largest absolute Gasteiger partial charge is 0.466 e. The average molecular weight is 429 g/mol. The van der Waals surface area contributed by atoms with Gasteiger partial charge in [0, 0.05) is 14.9 Å². The van der Waals surface area contributed by atoms with Crippen LogP contribution in [-0.2, 0) is 0 Å². The molecule has 0 fully saturated rings. The standard InChI is InChI=1S/C11H9Br3OS/c1-5-3-7(6(2)15-5)10(13)9-4-8(12)11(14)16-9/h3-4,10H,1-2H3. The second-order valence-electron chi connectivity index (χ2n) is 3.50. The van der Waals surface area contributed by atoms with E-state index in [4.69, 9.17) is 4.42 Å². The molecule has 86 valence electrons. The minimum Gasteiger partial charge on any atom is -0.466 e. The molecule has 0 saturated carbocycles. The van der Waals surface area contributed by atoms with Gasteiger partial charge in [-0.25, -0.2) is 0 Å². The van der Waals surface area contributed by atoms with Gasteiger partial charge >= 0.3 is 0 Å². The Morgan fingerprint density at radius 3 is 2.38 bits per heavy atom. The van der Waals surface area contributed by atoms with E-state index in [-0.39, 0.29) is 4.83 Å². The first kappa shape index (κ1) is 12.9. The van der Waals surface area contributed by atoms with Crippen molar-refractivity contribution in [3.63, 3.8) is 0 Å². The Bertz CT molecular complexity index is 496. The van der Waals surface area contributed by atoms with Gasteiger partial charge in [0.15, 0.2) is 0 Å². The summed E-state index contributed by atoms with van der Waals surface area (Å²) in [4.78, 5) is 1.44. The van der Waals surface area contributed by atoms with Gasteiger partial charge in [-0.3, -0.25) is 0 Å². The number of hydrogen-bond acceptors (Lipinski definition) is 2. The van der Waals surface area contributed by atoms with Gasteiger partial charge in [-0.2, -0.15) is 0 Å². The van der Waals surface area contributed by atoms with Crippen LogP contribution in [-0.4, -0.2) is 0 Å². The smallest absolute Gasteiger partial charge is 0.105 e. The van der Waals surface area contributed by atoms with E-state index >= 15 is 0 Å². The normalized spacial score (nSPS) is 13.1. The molecule has 16 heavy (non-hydrogen) atoms. The van der Waals surface area contributed by atoms with Crippen LogP contribution in [0.5, 0.6) is 0 Å². The zero-order chi connectivity index (χ0) is 11.9. The summed E-state index contributed by atoms with van der Waals surface area (Å²) in [5, 5.41) is 0. The predicted octanol–water partition coefficient (Wildman–Crippen LogP) is 5.97. The second kappa shape index (κ2) is 4.96. The molecule has 0 aliphatic carbocycles. The first-order valence-corrected chi connectivity index (χ1v) is 7.96. The Balaban J connectivity index is 2.38. The van der Waals surface area contributed by atoms with Gasteiger partial charge in [0.2, 0.25) is 0 Å². The number of rotatable bonds is 2. The summed E-state index contributed by atoms with van der Waals surface area (Å²) in [5.41, 5.74) is 1.19. The molecule has 1 unspecified atom stereocenters. The molecule has 2 aromatic rings. The van der Waals surface area contributed by atoms with Gasteiger partial charge in [0.1, 0.15) is 11.5 Å². The zero-order valence-corrected chi connectivity index (χ0v) is 14.3. The Morgan fingerprint density at radius 2 is 1.94 bits per heavy atom. The lowest BCUT2D eigenvalue weighted by Gasteiger charge is -2.05. The highest BCUT2D eigenvalue weighted by atomic mass is 79.9. The summed E-state index contributed by atoms with van der Waals surface area (Å²) < 4.78 is 7.75. The molecule has 0 N–H and O–H groups in total. The van der Waals surface area contributed by atoms with Crippen molar-refractivity contribution >= 4 is 59.1 Å². The van der Waals surface area contributed by atoms with Crippen LogP contribution < -0.4 is 0 Å². The van der Waals surface area contributed by atoms with Gasteiger partial charge in [-0.1, -0.05) is 15.9 Å². The highest BCUT2D eigenvalue weighted by Crippen LogP contribution is 2.42. The van der Waals surface area contributed by atoms with Crippen LogP contribution in [0.25, 0.3) is 0 Å². The lowest BCUT2D eigenvalue weighted by Crippen LogP contribution is -1.88. The number of thiophene rings is 1. The Kier molecular flexibility index (Phi) is 3.99. The van der Waals surface area contributed by atoms with E-state index in [0.717, 1.165) is 19.8 Å². The Hall–Kier alpha value is 0.420. The molecule has 1 atom stereocenters. The maximum atomic E-state index is 5.55. The first-order valence-electron chi connectivity index (χ1n) is 4.64. The summed E-state index contributed by atoms with van der Waals surface area (Å²) in [7, 11) is 0. The molecule has 2 aromatic heterocycles. The van der Waals surface area contributed by atoms with Crippen molar-refractivity contribution in [3.05, 3.63) is 42.4 Å². The average Bonchev–Trinajstić information content (AvgIpc) is 2.70. The van der Waals surface area contributed by atoms with E-state index in [0.29, 0.717) is 0 Å². The second-order valence-corrected chi connectivity index (χ2v) is 7.67. The van der Waals surface area contributed by atoms with Crippen molar-refractivity contribution in [2.45, 2.75) is 18.7 Å². The number of alkyl halides is 1. The molecular formula is C11H9Br3OS. The lowest BCUT2D eigenvalue weighted by atomic mass is 10.1. The minimum absolute atomic E-state index is 0.192. The fourth-order valence-corrected chi connectivity index (χ4v) is 4.50. The van der Waals surface area contributed by atoms with Gasteiger partial charge in [-0.05, 0) is 57.8 Å². The molecule has 5 heteroatoms. The highest BCUT2D eigenvalue weighted by molar-refractivity contribution is 9.13. The van der Waals surface area contributed by atoms with Crippen LogP contribution in [0.4, 0.5) is 0 Å². The number of halogens is 3. The number of aryl methyl sites for hydroxylation is 2. The van der Waals surface area contributed by atoms with Gasteiger partial charge in [0.25, 0.3) is 0 Å². The van der Waals surface area contributed by atoms with Gasteiger partial charge in [0.05, 0.1) is 8.61 Å². The zero-order valence-electron chi connectivity index (χ0n) is 8.68. The third-order valence-corrected chi connectivity index (χ3v) is 6.88. The quantitative estimate of drug-likeness (QED) is 0.537. The molecule has 2 rings (SSSR count). The van der Waals surface area contributed by atoms with E-state index in [9.17, 15) is 0 Å². The molecule has 0 saturated heterocycles. The summed E-state index contributed by atoms with van der Waals surface area (Å²) in [6, 6.07) is 4.20. The molecule has 0 radical (unpaired) electrons. The lowest BCUT2D eigenvalue weighted by molar-refractivity contribution is 0.502. The minimum atomic E-state index is 0.192. The molecule has 0 aromatic carbocycles. The van der Waals surface area contributed by atoms with Crippen molar-refractivity contribution in [1.29, 1.82) is 0 Å². The maximum absolute atomic E-state index is 5.55. The van der Waals surface area contributed by atoms with Crippen LogP contribution in [0.15, 0.2) is 24.8 Å². The van der Waals surface area contributed by atoms with Crippen LogP contribution in [0.2, 0.25) is 0 Å². The van der Waals surface area contributed by atoms with Gasteiger partial charge in [-0.15, -0.1) is 11.3 Å². The van der Waals surface area contributed by atoms with Crippen LogP contribution in [0, 0.1) is 13.8 Å². The summed E-state index contributed by atoms with van der Waals surface area (Å²) in [5.74, 6) is 1.92. The topological polar surface area (TPSA) is 13.1 Å². The van der Waals surface area contributed by atoms with Crippen LogP contribution >= 0.6 is 59.1 Å². The third-order valence-electron chi connectivity index (χ3n) is 2.27. The van der Waals surface area contributed by atoms with Crippen molar-refractivity contribution < 1.29 is 4.42 Å². The fraction of sp³-hybridized carbons (Fsp3) is 0.273. The molecule has 0 aliphatic rings. The predicted molar refractivity (Wildman–Crippen MR) is 78.7 cm³/mol. The molecule has 1 nitrogen and oxygen atoms in total. The number of furan rings is 1. The summed E-state index contributed by atoms with van der Waals surface area (Å²) in [6.45, 7) is 3.96. The molecular weight excluding hydrogens is 420 g/mol. The van der Waals surface area contributed by atoms with Crippen LogP contribution in [0.3, 0.4) is 0 Å². The van der Waals surface area contributed by atoms with E-state index < -0.39 is 0 Å². The Morgan fingerprint density at radius 1 is 1.25 bits per heavy atom. The van der Waals surface area contributed by atoms with E-state index in [1.54, 1.807) is 11.3 Å². The van der Waals surface area contributed by atoms with E-state index in [1.165, 1.54) is 10.4 Å². The molecule has 0 bridgehead atoms. The first-order chi connectivity index (χ1) is 7.49. The summed E-state index contributed by atoms with van der Waals surface area (Å²) in [6.07, 6.45) is 0. The van der Waals surface area contributed by atoms with Crippen molar-refractivity contribution in [2.75, 3.05) is 0 Å². The molecule has 0 aliphatic heterocycles. The SMILES string of the molecule is Cc1cc(C(Br)c2cc(Br)c(Br)s2)c(C)o1. The van der Waals surface area contributed by atoms with Gasteiger partial charge < -0.3 is 4.42 Å². The van der Waals surface area contributed by atoms with Crippen LogP contribution in [0.1, 0.15) is 26.8 Å². The third kappa shape index (κ3) is 2.47. The fourth-order valence-electron chi connectivity index (χ4n) is 1.54. The van der Waals surface area contributed by atoms with E-state index in [1.807, 2.05) is 13.8 Å². The van der Waals surface area contributed by atoms with Crippen molar-refractivity contribution in [3.8, 4) is 0 Å². The molecule has 0 spiro atoms. The summed E-state index contributed by atoms with van der Waals surface area (Å²) >= 11 is 12.4. The molecule has 0 amide bonds. The maximum Gasteiger partial charge on any atom is 0.105 e. The van der Waals surface area contributed by atoms with E-state index in [2.05, 4.69) is 59.9 Å². The number of hydrogen-bond donors (Lipinski definition) is 0.